The van der Waals surface area contributed by atoms with Crippen molar-refractivity contribution in [2.24, 2.45) is 5.10 Å². The second-order valence-electron chi connectivity index (χ2n) is 5.90. The molecule has 0 amide bonds. The number of nitrogens with one attached hydrogen (secondary N) is 1. The number of rotatable bonds is 5. The summed E-state index contributed by atoms with van der Waals surface area (Å²) in [5.74, 6) is -0.492. The highest BCUT2D eigenvalue weighted by Gasteiger charge is 2.32. The fourth-order valence-corrected chi connectivity index (χ4v) is 2.82. The summed E-state index contributed by atoms with van der Waals surface area (Å²) in [7, 11) is 1.65. The van der Waals surface area contributed by atoms with E-state index in [0.717, 1.165) is 5.56 Å². The second kappa shape index (κ2) is 8.24. The number of likely N-dealkylation sites (N-methyl/N-ethyl adjacent to an activating group) is 1. The van der Waals surface area contributed by atoms with Gasteiger partial charge in [0.1, 0.15) is 6.17 Å². The number of nitro benzene ring substituents is 1. The van der Waals surface area contributed by atoms with Crippen molar-refractivity contribution in [3.8, 4) is 0 Å². The topological polar surface area (TPSA) is 100 Å². The highest BCUT2D eigenvalue weighted by Crippen LogP contribution is 2.30. The highest BCUT2D eigenvalue weighted by molar-refractivity contribution is 6.35. The Kier molecular flexibility index (Phi) is 5.76. The molecule has 0 unspecified atom stereocenters. The van der Waals surface area contributed by atoms with Crippen LogP contribution in [-0.2, 0) is 9.53 Å². The third kappa shape index (κ3) is 4.05. The standard InChI is InChI=1S/C18H18ClN5O4/c1-3-28-18(25)17-21-23(14-10-6-13(19)7-11-14)16(20-22(17)2)12-4-8-15(9-5-12)24(26)27/h4-11,16,20H,3H2,1-2H3/t16-/m1/s1. The van der Waals surface area contributed by atoms with E-state index >= 15 is 0 Å². The van der Waals surface area contributed by atoms with Gasteiger partial charge in [-0.25, -0.2) is 15.2 Å². The molecule has 1 aliphatic heterocycles. The molecular formula is C18H18ClN5O4. The van der Waals surface area contributed by atoms with Crippen molar-refractivity contribution >= 4 is 34.8 Å². The third-order valence-electron chi connectivity index (χ3n) is 4.05. The van der Waals surface area contributed by atoms with Crippen LogP contribution in [0.5, 0.6) is 0 Å². The van der Waals surface area contributed by atoms with Gasteiger partial charge in [0.2, 0.25) is 5.84 Å². The molecule has 0 aliphatic carbocycles. The van der Waals surface area contributed by atoms with Gasteiger partial charge in [0, 0.05) is 24.2 Å². The van der Waals surface area contributed by atoms with Gasteiger partial charge in [0.05, 0.1) is 17.2 Å². The lowest BCUT2D eigenvalue weighted by molar-refractivity contribution is -0.384. The van der Waals surface area contributed by atoms with Crippen LogP contribution in [0.15, 0.2) is 53.6 Å². The zero-order chi connectivity index (χ0) is 20.3. The summed E-state index contributed by atoms with van der Waals surface area (Å²) >= 11 is 5.98. The molecule has 3 rings (SSSR count). The first-order chi connectivity index (χ1) is 13.4. The quantitative estimate of drug-likeness (QED) is 0.465. The Hall–Kier alpha value is -3.17. The number of carbonyl (C=O) groups excluding carboxylic acids is 1. The number of halogens is 1. The summed E-state index contributed by atoms with van der Waals surface area (Å²) in [6.07, 6.45) is -0.509. The van der Waals surface area contributed by atoms with Crippen LogP contribution in [-0.4, -0.2) is 35.4 Å². The van der Waals surface area contributed by atoms with Crippen LogP contribution in [0.4, 0.5) is 11.4 Å². The lowest BCUT2D eigenvalue weighted by Crippen LogP contribution is -2.55. The number of nitrogens with zero attached hydrogens (tertiary/aromatic N) is 4. The number of non-ortho nitro benzene ring substituents is 1. The largest absolute Gasteiger partial charge is 0.460 e. The van der Waals surface area contributed by atoms with E-state index in [1.54, 1.807) is 55.4 Å². The molecule has 2 aromatic rings. The summed E-state index contributed by atoms with van der Waals surface area (Å²) in [6.45, 7) is 1.93. The number of ether oxygens (including phenoxy) is 1. The molecule has 28 heavy (non-hydrogen) atoms. The van der Waals surface area contributed by atoms with Crippen molar-refractivity contribution in [1.82, 2.24) is 10.4 Å². The van der Waals surface area contributed by atoms with E-state index in [1.165, 1.54) is 17.1 Å². The first-order valence-electron chi connectivity index (χ1n) is 8.45. The fourth-order valence-electron chi connectivity index (χ4n) is 2.69. The first kappa shape index (κ1) is 19.6. The van der Waals surface area contributed by atoms with E-state index in [9.17, 15) is 14.9 Å². The van der Waals surface area contributed by atoms with Gasteiger partial charge < -0.3 is 4.74 Å². The van der Waals surface area contributed by atoms with E-state index in [4.69, 9.17) is 16.3 Å². The maximum absolute atomic E-state index is 12.2. The van der Waals surface area contributed by atoms with Gasteiger partial charge in [0.25, 0.3) is 5.69 Å². The number of hydrogen-bond donors (Lipinski definition) is 1. The molecule has 9 nitrogen and oxygen atoms in total. The minimum Gasteiger partial charge on any atom is -0.460 e. The Morgan fingerprint density at radius 1 is 1.25 bits per heavy atom. The lowest BCUT2D eigenvalue weighted by atomic mass is 10.1. The average molecular weight is 404 g/mol. The predicted octanol–water partition coefficient (Wildman–Crippen LogP) is 3.08. The molecular weight excluding hydrogens is 386 g/mol. The number of carbonyl (C=O) groups is 1. The molecule has 146 valence electrons. The van der Waals surface area contributed by atoms with Crippen molar-refractivity contribution in [2.45, 2.75) is 13.1 Å². The van der Waals surface area contributed by atoms with Crippen molar-refractivity contribution in [2.75, 3.05) is 18.7 Å². The highest BCUT2D eigenvalue weighted by atomic mass is 35.5. The second-order valence-corrected chi connectivity index (χ2v) is 6.34. The lowest BCUT2D eigenvalue weighted by Gasteiger charge is -2.39. The number of benzene rings is 2. The van der Waals surface area contributed by atoms with Gasteiger partial charge in [-0.3, -0.25) is 15.1 Å². The van der Waals surface area contributed by atoms with Crippen LogP contribution in [0.2, 0.25) is 5.02 Å². The Bertz CT molecular complexity index is 901. The number of amidine groups is 1. The molecule has 1 atom stereocenters. The molecule has 1 aliphatic rings. The summed E-state index contributed by atoms with van der Waals surface area (Å²) in [6, 6.07) is 13.1. The smallest absolute Gasteiger partial charge is 0.377 e. The van der Waals surface area contributed by atoms with E-state index in [0.29, 0.717) is 10.7 Å². The van der Waals surface area contributed by atoms with Gasteiger partial charge in [-0.15, -0.1) is 5.10 Å². The molecule has 1 heterocycles. The number of anilines is 1. The number of esters is 1. The summed E-state index contributed by atoms with van der Waals surface area (Å²) < 4.78 is 5.06. The van der Waals surface area contributed by atoms with Crippen molar-refractivity contribution in [1.29, 1.82) is 0 Å². The van der Waals surface area contributed by atoms with Crippen LogP contribution in [0.1, 0.15) is 18.7 Å². The molecule has 0 fully saturated rings. The normalized spacial score (nSPS) is 16.5. The molecule has 1 N–H and O–H groups in total. The van der Waals surface area contributed by atoms with Gasteiger partial charge >= 0.3 is 5.97 Å². The molecule has 10 heteroatoms. The van der Waals surface area contributed by atoms with Crippen molar-refractivity contribution in [3.05, 3.63) is 69.2 Å². The third-order valence-corrected chi connectivity index (χ3v) is 4.30. The van der Waals surface area contributed by atoms with Gasteiger partial charge in [-0.05, 0) is 48.9 Å². The molecule has 2 aromatic carbocycles. The Morgan fingerprint density at radius 2 is 1.89 bits per heavy atom. The number of hydrogen-bond acceptors (Lipinski definition) is 8. The molecule has 0 saturated carbocycles. The zero-order valence-corrected chi connectivity index (χ0v) is 16.0. The summed E-state index contributed by atoms with van der Waals surface area (Å²) in [5, 5.41) is 19.0. The minimum absolute atomic E-state index is 0.0123. The Balaban J connectivity index is 2.03. The van der Waals surface area contributed by atoms with Crippen LogP contribution in [0.3, 0.4) is 0 Å². The van der Waals surface area contributed by atoms with Crippen molar-refractivity contribution < 1.29 is 14.5 Å². The number of hydrazone groups is 1. The molecule has 0 radical (unpaired) electrons. The maximum atomic E-state index is 12.2. The number of nitro groups is 1. The first-order valence-corrected chi connectivity index (χ1v) is 8.83. The van der Waals surface area contributed by atoms with E-state index in [1.807, 2.05) is 0 Å². The van der Waals surface area contributed by atoms with Gasteiger partial charge in [-0.2, -0.15) is 0 Å². The Morgan fingerprint density at radius 3 is 2.46 bits per heavy atom. The van der Waals surface area contributed by atoms with E-state index < -0.39 is 17.1 Å². The SMILES string of the molecule is CCOC(=O)C1=NN(c2ccc(Cl)cc2)[C@H](c2ccc([N+](=O)[O-])cc2)NN1C. The maximum Gasteiger partial charge on any atom is 0.377 e. The molecule has 0 spiro atoms. The Labute approximate surface area is 166 Å². The monoisotopic (exact) mass is 403 g/mol. The average Bonchev–Trinajstić information content (AvgIpc) is 2.68. The fraction of sp³-hybridized carbons (Fsp3) is 0.222. The predicted molar refractivity (Wildman–Crippen MR) is 105 cm³/mol. The van der Waals surface area contributed by atoms with Crippen LogP contribution >= 0.6 is 11.6 Å². The molecule has 0 saturated heterocycles. The molecule has 0 aromatic heterocycles. The van der Waals surface area contributed by atoms with Crippen LogP contribution in [0.25, 0.3) is 0 Å². The van der Waals surface area contributed by atoms with Crippen molar-refractivity contribution in [3.63, 3.8) is 0 Å². The van der Waals surface area contributed by atoms with Crippen LogP contribution < -0.4 is 10.4 Å². The minimum atomic E-state index is -0.571. The van der Waals surface area contributed by atoms with E-state index in [-0.39, 0.29) is 18.1 Å². The summed E-state index contributed by atoms with van der Waals surface area (Å²) in [5.41, 5.74) is 4.54. The van der Waals surface area contributed by atoms with Gasteiger partial charge in [-0.1, -0.05) is 11.6 Å². The summed E-state index contributed by atoms with van der Waals surface area (Å²) in [4.78, 5) is 22.7. The van der Waals surface area contributed by atoms with E-state index in [2.05, 4.69) is 10.5 Å². The zero-order valence-electron chi connectivity index (χ0n) is 15.2. The molecule has 0 bridgehead atoms. The van der Waals surface area contributed by atoms with Crippen LogP contribution in [0, 0.1) is 10.1 Å². The number of hydrazine groups is 1. The van der Waals surface area contributed by atoms with Gasteiger partial charge in [0.15, 0.2) is 0 Å².